The Kier molecular flexibility index (Phi) is 4.46. The molecule has 3 aromatic heterocycles. The predicted molar refractivity (Wildman–Crippen MR) is 145 cm³/mol. The van der Waals surface area contributed by atoms with Crippen LogP contribution in [0.2, 0.25) is 0 Å². The highest BCUT2D eigenvalue weighted by molar-refractivity contribution is 6.10. The number of pyridine rings is 2. The number of benzene rings is 4. The lowest BCUT2D eigenvalue weighted by atomic mass is 10.1. The number of fused-ring (bicyclic) bond motifs is 4. The number of hydrogen-bond acceptors (Lipinski definition) is 2. The van der Waals surface area contributed by atoms with Crippen molar-refractivity contribution in [3.05, 3.63) is 128 Å². The Morgan fingerprint density at radius 1 is 0.486 bits per heavy atom. The number of nitrogens with zero attached hydrogens (tertiary/aromatic N) is 3. The SMILES string of the molecule is c1ccc(-c2cccc(-n3c4ccccc4c4ccc(-c5cc6ccccc6cn5)cc43)c2)nc1. The van der Waals surface area contributed by atoms with Gasteiger partial charge in [-0.15, -0.1) is 0 Å². The van der Waals surface area contributed by atoms with Crippen molar-refractivity contribution in [2.75, 3.05) is 0 Å². The Labute approximate surface area is 203 Å². The first-order valence-corrected chi connectivity index (χ1v) is 11.8. The topological polar surface area (TPSA) is 30.7 Å². The highest BCUT2D eigenvalue weighted by Crippen LogP contribution is 2.35. The van der Waals surface area contributed by atoms with E-state index in [4.69, 9.17) is 4.98 Å². The smallest absolute Gasteiger partial charge is 0.0709 e. The summed E-state index contributed by atoms with van der Waals surface area (Å²) in [7, 11) is 0. The summed E-state index contributed by atoms with van der Waals surface area (Å²) in [5.41, 5.74) is 7.61. The van der Waals surface area contributed by atoms with Crippen molar-refractivity contribution >= 4 is 32.6 Å². The van der Waals surface area contributed by atoms with Crippen LogP contribution in [0.1, 0.15) is 0 Å². The Balaban J connectivity index is 1.47. The van der Waals surface area contributed by atoms with Gasteiger partial charge < -0.3 is 4.57 Å². The number of hydrogen-bond donors (Lipinski definition) is 0. The van der Waals surface area contributed by atoms with E-state index < -0.39 is 0 Å². The fourth-order valence-electron chi connectivity index (χ4n) is 4.99. The second-order valence-electron chi connectivity index (χ2n) is 8.77. The average molecular weight is 448 g/mol. The molecule has 0 saturated heterocycles. The summed E-state index contributed by atoms with van der Waals surface area (Å²) in [6.45, 7) is 0. The third-order valence-electron chi connectivity index (χ3n) is 6.67. The van der Waals surface area contributed by atoms with Crippen LogP contribution in [0.3, 0.4) is 0 Å². The van der Waals surface area contributed by atoms with Crippen LogP contribution in [0.25, 0.3) is 60.8 Å². The Hall–Kier alpha value is -4.76. The molecule has 35 heavy (non-hydrogen) atoms. The van der Waals surface area contributed by atoms with E-state index in [1.165, 1.54) is 21.7 Å². The standard InChI is InChI=1S/C32H21N3/c1-2-9-25-21-34-30(19-22(25)8-1)24-15-16-28-27-12-3-4-14-31(27)35(32(28)20-24)26-11-7-10-23(18-26)29-13-5-6-17-33-29/h1-21H. The van der Waals surface area contributed by atoms with E-state index in [0.717, 1.165) is 39.1 Å². The van der Waals surface area contributed by atoms with Crippen molar-refractivity contribution in [2.24, 2.45) is 0 Å². The molecular formula is C32H21N3. The summed E-state index contributed by atoms with van der Waals surface area (Å²) in [5, 5.41) is 4.82. The number of para-hydroxylation sites is 1. The maximum absolute atomic E-state index is 4.78. The highest BCUT2D eigenvalue weighted by atomic mass is 15.0. The summed E-state index contributed by atoms with van der Waals surface area (Å²) in [4.78, 5) is 9.33. The molecule has 0 atom stereocenters. The number of aromatic nitrogens is 3. The van der Waals surface area contributed by atoms with Gasteiger partial charge in [-0.25, -0.2) is 0 Å². The molecule has 3 nitrogen and oxygen atoms in total. The average Bonchev–Trinajstić information content (AvgIpc) is 3.27. The van der Waals surface area contributed by atoms with Gasteiger partial charge in [0.1, 0.15) is 0 Å². The monoisotopic (exact) mass is 447 g/mol. The van der Waals surface area contributed by atoms with Crippen molar-refractivity contribution in [1.82, 2.24) is 14.5 Å². The van der Waals surface area contributed by atoms with Crippen LogP contribution in [0.15, 0.2) is 128 Å². The Bertz CT molecular complexity index is 1850. The lowest BCUT2D eigenvalue weighted by Crippen LogP contribution is -1.95. The summed E-state index contributed by atoms with van der Waals surface area (Å²) in [6, 6.07) is 40.4. The van der Waals surface area contributed by atoms with Gasteiger partial charge in [0, 0.05) is 45.4 Å². The molecule has 0 aliphatic heterocycles. The van der Waals surface area contributed by atoms with Crippen molar-refractivity contribution in [3.63, 3.8) is 0 Å². The van der Waals surface area contributed by atoms with Crippen molar-refractivity contribution in [3.8, 4) is 28.2 Å². The van der Waals surface area contributed by atoms with E-state index >= 15 is 0 Å². The molecule has 0 saturated carbocycles. The molecule has 0 aliphatic rings. The molecule has 164 valence electrons. The minimum atomic E-state index is 0.969. The van der Waals surface area contributed by atoms with Crippen molar-refractivity contribution in [1.29, 1.82) is 0 Å². The van der Waals surface area contributed by atoms with Crippen molar-refractivity contribution < 1.29 is 0 Å². The van der Waals surface area contributed by atoms with Gasteiger partial charge in [0.2, 0.25) is 0 Å². The molecule has 4 aromatic carbocycles. The van der Waals surface area contributed by atoms with Crippen molar-refractivity contribution in [2.45, 2.75) is 0 Å². The summed E-state index contributed by atoms with van der Waals surface area (Å²) in [5.74, 6) is 0. The lowest BCUT2D eigenvalue weighted by molar-refractivity contribution is 1.18. The molecule has 7 aromatic rings. The maximum Gasteiger partial charge on any atom is 0.0709 e. The molecule has 0 unspecified atom stereocenters. The Morgan fingerprint density at radius 2 is 1.29 bits per heavy atom. The Morgan fingerprint density at radius 3 is 2.20 bits per heavy atom. The normalized spacial score (nSPS) is 11.4. The fraction of sp³-hybridized carbons (Fsp3) is 0. The molecule has 3 heterocycles. The van der Waals surface area contributed by atoms with Crippen LogP contribution in [0, 0.1) is 0 Å². The molecule has 0 fully saturated rings. The van der Waals surface area contributed by atoms with Gasteiger partial charge in [-0.05, 0) is 47.9 Å². The van der Waals surface area contributed by atoms with Crippen LogP contribution < -0.4 is 0 Å². The van der Waals surface area contributed by atoms with Gasteiger partial charge >= 0.3 is 0 Å². The quantitative estimate of drug-likeness (QED) is 0.274. The third-order valence-corrected chi connectivity index (χ3v) is 6.67. The van der Waals surface area contributed by atoms with Crippen LogP contribution in [0.5, 0.6) is 0 Å². The fourth-order valence-corrected chi connectivity index (χ4v) is 4.99. The molecule has 0 bridgehead atoms. The van der Waals surface area contributed by atoms with Crippen LogP contribution in [-0.4, -0.2) is 14.5 Å². The summed E-state index contributed by atoms with van der Waals surface area (Å²) >= 11 is 0. The van der Waals surface area contributed by atoms with E-state index in [2.05, 4.69) is 107 Å². The zero-order chi connectivity index (χ0) is 23.2. The predicted octanol–water partition coefficient (Wildman–Crippen LogP) is 8.06. The van der Waals surface area contributed by atoms with Crippen LogP contribution in [0.4, 0.5) is 0 Å². The second kappa shape index (κ2) is 7.93. The first-order valence-electron chi connectivity index (χ1n) is 11.8. The zero-order valence-electron chi connectivity index (χ0n) is 19.0. The molecule has 0 amide bonds. The molecule has 0 spiro atoms. The molecule has 0 aliphatic carbocycles. The molecule has 3 heteroatoms. The van der Waals surface area contributed by atoms with Crippen LogP contribution in [-0.2, 0) is 0 Å². The zero-order valence-corrected chi connectivity index (χ0v) is 19.0. The van der Waals surface area contributed by atoms with Crippen LogP contribution >= 0.6 is 0 Å². The summed E-state index contributed by atoms with van der Waals surface area (Å²) < 4.78 is 2.35. The van der Waals surface area contributed by atoms with Gasteiger partial charge in [-0.3, -0.25) is 9.97 Å². The molecule has 7 rings (SSSR count). The maximum atomic E-state index is 4.78. The molecule has 0 radical (unpaired) electrons. The highest BCUT2D eigenvalue weighted by Gasteiger charge is 2.14. The second-order valence-corrected chi connectivity index (χ2v) is 8.77. The molecular weight excluding hydrogens is 426 g/mol. The van der Waals surface area contributed by atoms with E-state index in [-0.39, 0.29) is 0 Å². The number of rotatable bonds is 3. The van der Waals surface area contributed by atoms with E-state index in [1.54, 1.807) is 0 Å². The largest absolute Gasteiger partial charge is 0.309 e. The van der Waals surface area contributed by atoms with Gasteiger partial charge in [0.05, 0.1) is 22.4 Å². The minimum absolute atomic E-state index is 0.969. The molecule has 0 N–H and O–H groups in total. The van der Waals surface area contributed by atoms with Gasteiger partial charge in [-0.1, -0.05) is 72.8 Å². The first kappa shape index (κ1) is 19.7. The summed E-state index contributed by atoms with van der Waals surface area (Å²) in [6.07, 6.45) is 3.80. The van der Waals surface area contributed by atoms with E-state index in [9.17, 15) is 0 Å². The minimum Gasteiger partial charge on any atom is -0.309 e. The van der Waals surface area contributed by atoms with Gasteiger partial charge in [0.25, 0.3) is 0 Å². The first-order chi connectivity index (χ1) is 17.3. The van der Waals surface area contributed by atoms with E-state index in [0.29, 0.717) is 0 Å². The van der Waals surface area contributed by atoms with Gasteiger partial charge in [-0.2, -0.15) is 0 Å². The van der Waals surface area contributed by atoms with Gasteiger partial charge in [0.15, 0.2) is 0 Å². The van der Waals surface area contributed by atoms with E-state index in [1.807, 2.05) is 30.6 Å². The lowest BCUT2D eigenvalue weighted by Gasteiger charge is -2.11. The third kappa shape index (κ3) is 3.29.